The quantitative estimate of drug-likeness (QED) is 0.811. The molecule has 0 aromatic heterocycles. The van der Waals surface area contributed by atoms with Crippen LogP contribution in [0.5, 0.6) is 5.75 Å². The number of halogens is 2. The summed E-state index contributed by atoms with van der Waals surface area (Å²) in [7, 11) is 0. The van der Waals surface area contributed by atoms with Gasteiger partial charge in [-0.05, 0) is 39.7 Å². The van der Waals surface area contributed by atoms with E-state index in [1.54, 1.807) is 18.2 Å². The van der Waals surface area contributed by atoms with Crippen molar-refractivity contribution in [2.45, 2.75) is 6.54 Å². The van der Waals surface area contributed by atoms with E-state index in [-0.39, 0.29) is 6.61 Å². The first-order valence-electron chi connectivity index (χ1n) is 6.74. The number of hydrogen-bond acceptors (Lipinski definition) is 3. The van der Waals surface area contributed by atoms with E-state index in [0.29, 0.717) is 21.8 Å². The molecule has 5 nitrogen and oxygen atoms in total. The molecule has 23 heavy (non-hydrogen) atoms. The summed E-state index contributed by atoms with van der Waals surface area (Å²) in [4.78, 5) is 23.3. The van der Waals surface area contributed by atoms with Gasteiger partial charge in [0.15, 0.2) is 6.61 Å². The Bertz CT molecular complexity index is 695. The predicted molar refractivity (Wildman–Crippen MR) is 91.5 cm³/mol. The molecule has 0 heterocycles. The highest BCUT2D eigenvalue weighted by atomic mass is 79.9. The smallest absolute Gasteiger partial charge is 0.321 e. The van der Waals surface area contributed by atoms with Crippen molar-refractivity contribution in [2.24, 2.45) is 0 Å². The lowest BCUT2D eigenvalue weighted by molar-refractivity contribution is -0.122. The third-order valence-corrected chi connectivity index (χ3v) is 3.66. The summed E-state index contributed by atoms with van der Waals surface area (Å²) in [6.45, 7) is 0.0581. The zero-order valence-electron chi connectivity index (χ0n) is 12.0. The van der Waals surface area contributed by atoms with E-state index in [9.17, 15) is 9.59 Å². The Labute approximate surface area is 147 Å². The topological polar surface area (TPSA) is 67.4 Å². The van der Waals surface area contributed by atoms with Crippen LogP contribution in [0.4, 0.5) is 4.79 Å². The van der Waals surface area contributed by atoms with Gasteiger partial charge >= 0.3 is 6.03 Å². The molecule has 120 valence electrons. The molecule has 7 heteroatoms. The van der Waals surface area contributed by atoms with Crippen molar-refractivity contribution in [3.8, 4) is 5.75 Å². The van der Waals surface area contributed by atoms with E-state index in [2.05, 4.69) is 26.6 Å². The van der Waals surface area contributed by atoms with Gasteiger partial charge in [-0.2, -0.15) is 0 Å². The Morgan fingerprint density at radius 3 is 2.57 bits per heavy atom. The van der Waals surface area contributed by atoms with Crippen LogP contribution in [-0.2, 0) is 11.3 Å². The molecule has 0 atom stereocenters. The molecule has 0 aliphatic heterocycles. The third kappa shape index (κ3) is 5.92. The summed E-state index contributed by atoms with van der Waals surface area (Å²) in [6.07, 6.45) is 0. The summed E-state index contributed by atoms with van der Waals surface area (Å²) in [5, 5.41) is 5.34. The van der Waals surface area contributed by atoms with Crippen molar-refractivity contribution in [1.29, 1.82) is 0 Å². The summed E-state index contributed by atoms with van der Waals surface area (Å²) in [6, 6.07) is 13.8. The fourth-order valence-electron chi connectivity index (χ4n) is 1.72. The van der Waals surface area contributed by atoms with Crippen LogP contribution in [0.25, 0.3) is 0 Å². The molecule has 0 saturated carbocycles. The minimum absolute atomic E-state index is 0.279. The highest BCUT2D eigenvalue weighted by molar-refractivity contribution is 9.10. The summed E-state index contributed by atoms with van der Waals surface area (Å²) >= 11 is 9.09. The molecule has 3 amide bonds. The first-order valence-corrected chi connectivity index (χ1v) is 7.91. The van der Waals surface area contributed by atoms with Crippen LogP contribution in [0.1, 0.15) is 5.56 Å². The van der Waals surface area contributed by atoms with E-state index in [1.165, 1.54) is 0 Å². The number of urea groups is 1. The SMILES string of the molecule is O=C(COc1ccc(Cl)cc1Br)NC(=O)NCc1ccccc1. The number of imide groups is 1. The fraction of sp³-hybridized carbons (Fsp3) is 0.125. The number of carbonyl (C=O) groups is 2. The normalized spacial score (nSPS) is 10.0. The number of hydrogen-bond donors (Lipinski definition) is 2. The maximum absolute atomic E-state index is 11.7. The molecular weight excluding hydrogens is 384 g/mol. The highest BCUT2D eigenvalue weighted by Gasteiger charge is 2.09. The molecule has 0 aliphatic rings. The second-order valence-electron chi connectivity index (χ2n) is 4.58. The minimum Gasteiger partial charge on any atom is -0.483 e. The average molecular weight is 398 g/mol. The van der Waals surface area contributed by atoms with Gasteiger partial charge in [0.05, 0.1) is 4.47 Å². The molecule has 0 aliphatic carbocycles. The van der Waals surface area contributed by atoms with Gasteiger partial charge in [-0.25, -0.2) is 4.79 Å². The number of rotatable bonds is 5. The number of nitrogens with one attached hydrogen (secondary N) is 2. The van der Waals surface area contributed by atoms with Crippen molar-refractivity contribution in [3.63, 3.8) is 0 Å². The number of ether oxygens (including phenoxy) is 1. The number of amides is 3. The van der Waals surface area contributed by atoms with Gasteiger partial charge in [-0.3, -0.25) is 10.1 Å². The number of benzene rings is 2. The predicted octanol–water partition coefficient (Wildman–Crippen LogP) is 3.51. The van der Waals surface area contributed by atoms with Gasteiger partial charge in [-0.15, -0.1) is 0 Å². The summed E-state index contributed by atoms with van der Waals surface area (Å²) < 4.78 is 5.95. The summed E-state index contributed by atoms with van der Waals surface area (Å²) in [5.74, 6) is -0.0772. The summed E-state index contributed by atoms with van der Waals surface area (Å²) in [5.41, 5.74) is 0.941. The Hall–Kier alpha value is -2.05. The van der Waals surface area contributed by atoms with Gasteiger partial charge in [0.2, 0.25) is 0 Å². The Morgan fingerprint density at radius 2 is 1.87 bits per heavy atom. The zero-order chi connectivity index (χ0) is 16.7. The molecule has 2 aromatic rings. The van der Waals surface area contributed by atoms with E-state index in [0.717, 1.165) is 5.56 Å². The third-order valence-electron chi connectivity index (χ3n) is 2.80. The molecular formula is C16H14BrClN2O3. The maximum atomic E-state index is 11.7. The van der Waals surface area contributed by atoms with Crippen LogP contribution in [0.15, 0.2) is 53.0 Å². The Morgan fingerprint density at radius 1 is 1.13 bits per heavy atom. The molecule has 0 unspecified atom stereocenters. The molecule has 2 rings (SSSR count). The molecule has 2 N–H and O–H groups in total. The van der Waals surface area contributed by atoms with Crippen LogP contribution in [-0.4, -0.2) is 18.5 Å². The first kappa shape index (κ1) is 17.3. The molecule has 0 spiro atoms. The monoisotopic (exact) mass is 396 g/mol. The van der Waals surface area contributed by atoms with Gasteiger partial charge in [0.1, 0.15) is 5.75 Å². The van der Waals surface area contributed by atoms with Crippen molar-refractivity contribution in [3.05, 3.63) is 63.6 Å². The second kappa shape index (κ2) is 8.55. The van der Waals surface area contributed by atoms with Gasteiger partial charge < -0.3 is 10.1 Å². The Kier molecular flexibility index (Phi) is 6.43. The molecule has 0 fully saturated rings. The van der Waals surface area contributed by atoms with E-state index in [1.807, 2.05) is 30.3 Å². The van der Waals surface area contributed by atoms with Gasteiger partial charge in [0, 0.05) is 11.6 Å². The first-order chi connectivity index (χ1) is 11.0. The van der Waals surface area contributed by atoms with Crippen molar-refractivity contribution >= 4 is 39.5 Å². The molecule has 0 saturated heterocycles. The van der Waals surface area contributed by atoms with Crippen LogP contribution >= 0.6 is 27.5 Å². The minimum atomic E-state index is -0.572. The van der Waals surface area contributed by atoms with E-state index < -0.39 is 11.9 Å². The van der Waals surface area contributed by atoms with Gasteiger partial charge in [0.25, 0.3) is 5.91 Å². The van der Waals surface area contributed by atoms with E-state index in [4.69, 9.17) is 16.3 Å². The lowest BCUT2D eigenvalue weighted by atomic mass is 10.2. The Balaban J connectivity index is 1.74. The number of carbonyl (C=O) groups excluding carboxylic acids is 2. The highest BCUT2D eigenvalue weighted by Crippen LogP contribution is 2.27. The van der Waals surface area contributed by atoms with Crippen LogP contribution in [0, 0.1) is 0 Å². The molecule has 0 radical (unpaired) electrons. The van der Waals surface area contributed by atoms with Crippen LogP contribution in [0.2, 0.25) is 5.02 Å². The van der Waals surface area contributed by atoms with Crippen molar-refractivity contribution in [1.82, 2.24) is 10.6 Å². The van der Waals surface area contributed by atoms with Gasteiger partial charge in [-0.1, -0.05) is 41.9 Å². The second-order valence-corrected chi connectivity index (χ2v) is 5.87. The fourth-order valence-corrected chi connectivity index (χ4v) is 2.52. The van der Waals surface area contributed by atoms with Crippen LogP contribution < -0.4 is 15.4 Å². The van der Waals surface area contributed by atoms with Crippen molar-refractivity contribution < 1.29 is 14.3 Å². The van der Waals surface area contributed by atoms with E-state index >= 15 is 0 Å². The zero-order valence-corrected chi connectivity index (χ0v) is 14.4. The lowest BCUT2D eigenvalue weighted by Gasteiger charge is -2.09. The standard InChI is InChI=1S/C16H14BrClN2O3/c17-13-8-12(18)6-7-14(13)23-10-15(21)20-16(22)19-9-11-4-2-1-3-5-11/h1-8H,9-10H2,(H2,19,20,21,22). The molecule has 2 aromatic carbocycles. The molecule has 0 bridgehead atoms. The van der Waals surface area contributed by atoms with Crippen LogP contribution in [0.3, 0.4) is 0 Å². The largest absolute Gasteiger partial charge is 0.483 e. The maximum Gasteiger partial charge on any atom is 0.321 e. The van der Waals surface area contributed by atoms with Crippen molar-refractivity contribution in [2.75, 3.05) is 6.61 Å². The lowest BCUT2D eigenvalue weighted by Crippen LogP contribution is -2.41. The average Bonchev–Trinajstić information content (AvgIpc) is 2.53.